The standard InChI is InChI=1S/C8H7ClO2.CH4/c1-5-2-7-8(3-6(5)9)11-4-10-7;/h2-3H,4H2,1H3;1H4. The van der Waals surface area contributed by atoms with Gasteiger partial charge in [0.05, 0.1) is 0 Å². The van der Waals surface area contributed by atoms with Crippen molar-refractivity contribution in [3.05, 3.63) is 22.7 Å². The summed E-state index contributed by atoms with van der Waals surface area (Å²) in [5.41, 5.74) is 1.01. The van der Waals surface area contributed by atoms with Crippen molar-refractivity contribution >= 4 is 11.6 Å². The number of ether oxygens (including phenoxy) is 2. The molecule has 1 aromatic carbocycles. The zero-order valence-corrected chi connectivity index (χ0v) is 6.81. The Morgan fingerprint density at radius 1 is 1.25 bits per heavy atom. The summed E-state index contributed by atoms with van der Waals surface area (Å²) >= 11 is 5.86. The zero-order valence-electron chi connectivity index (χ0n) is 6.06. The minimum atomic E-state index is 0. The average molecular weight is 187 g/mol. The van der Waals surface area contributed by atoms with Crippen LogP contribution in [0.15, 0.2) is 12.1 Å². The predicted octanol–water partition coefficient (Wildman–Crippen LogP) is 3.01. The van der Waals surface area contributed by atoms with Gasteiger partial charge in [-0.15, -0.1) is 0 Å². The lowest BCUT2D eigenvalue weighted by molar-refractivity contribution is 0.174. The molecule has 0 aromatic heterocycles. The van der Waals surface area contributed by atoms with Gasteiger partial charge in [0.2, 0.25) is 6.79 Å². The maximum Gasteiger partial charge on any atom is 0.231 e. The highest BCUT2D eigenvalue weighted by atomic mass is 35.5. The summed E-state index contributed by atoms with van der Waals surface area (Å²) in [4.78, 5) is 0. The molecule has 0 bridgehead atoms. The van der Waals surface area contributed by atoms with E-state index in [0.717, 1.165) is 17.1 Å². The minimum Gasteiger partial charge on any atom is -0.454 e. The van der Waals surface area contributed by atoms with Gasteiger partial charge in [0, 0.05) is 11.1 Å². The SMILES string of the molecule is C.Cc1cc2c(cc1Cl)OCO2. The van der Waals surface area contributed by atoms with Crippen molar-refractivity contribution in [2.45, 2.75) is 14.4 Å². The van der Waals surface area contributed by atoms with Crippen LogP contribution in [0.4, 0.5) is 0 Å². The number of hydrogen-bond donors (Lipinski definition) is 0. The first-order valence-electron chi connectivity index (χ1n) is 3.33. The van der Waals surface area contributed by atoms with E-state index in [0.29, 0.717) is 11.8 Å². The third-order valence-corrected chi connectivity index (χ3v) is 2.06. The van der Waals surface area contributed by atoms with E-state index in [-0.39, 0.29) is 7.43 Å². The molecule has 0 aliphatic carbocycles. The molecule has 3 heteroatoms. The zero-order chi connectivity index (χ0) is 7.84. The summed E-state index contributed by atoms with van der Waals surface area (Å²) < 4.78 is 10.3. The van der Waals surface area contributed by atoms with Gasteiger partial charge in [-0.05, 0) is 18.6 Å². The van der Waals surface area contributed by atoms with Crippen LogP contribution in [-0.4, -0.2) is 6.79 Å². The van der Waals surface area contributed by atoms with E-state index in [2.05, 4.69) is 0 Å². The van der Waals surface area contributed by atoms with Crippen molar-refractivity contribution in [1.29, 1.82) is 0 Å². The van der Waals surface area contributed by atoms with E-state index in [1.807, 2.05) is 13.0 Å². The summed E-state index contributed by atoms with van der Waals surface area (Å²) in [5, 5.41) is 0.717. The van der Waals surface area contributed by atoms with Gasteiger partial charge in [0.15, 0.2) is 11.5 Å². The first-order chi connectivity index (χ1) is 5.27. The first-order valence-corrected chi connectivity index (χ1v) is 3.71. The Kier molecular flexibility index (Phi) is 2.48. The van der Waals surface area contributed by atoms with Crippen LogP contribution in [0.1, 0.15) is 13.0 Å². The van der Waals surface area contributed by atoms with E-state index in [1.54, 1.807) is 6.07 Å². The quantitative estimate of drug-likeness (QED) is 0.620. The summed E-state index contributed by atoms with van der Waals surface area (Å²) in [6.07, 6.45) is 0. The maximum absolute atomic E-state index is 5.86. The van der Waals surface area contributed by atoms with Crippen LogP contribution >= 0.6 is 11.6 Å². The van der Waals surface area contributed by atoms with E-state index in [1.165, 1.54) is 0 Å². The third kappa shape index (κ3) is 1.34. The maximum atomic E-state index is 5.86. The van der Waals surface area contributed by atoms with Gasteiger partial charge in [0.1, 0.15) is 0 Å². The average Bonchev–Trinajstić information content (AvgIpc) is 2.36. The molecule has 1 aromatic rings. The predicted molar refractivity (Wildman–Crippen MR) is 49.0 cm³/mol. The fraction of sp³-hybridized carbons (Fsp3) is 0.333. The molecule has 1 aliphatic heterocycles. The highest BCUT2D eigenvalue weighted by molar-refractivity contribution is 6.31. The van der Waals surface area contributed by atoms with E-state index in [9.17, 15) is 0 Å². The molecule has 0 fully saturated rings. The van der Waals surface area contributed by atoms with E-state index >= 15 is 0 Å². The Morgan fingerprint density at radius 3 is 2.50 bits per heavy atom. The Hall–Kier alpha value is -0.890. The van der Waals surface area contributed by atoms with Gasteiger partial charge < -0.3 is 9.47 Å². The molecule has 0 N–H and O–H groups in total. The molecule has 1 heterocycles. The number of fused-ring (bicyclic) bond motifs is 1. The van der Waals surface area contributed by atoms with Crippen LogP contribution in [0.5, 0.6) is 11.5 Å². The van der Waals surface area contributed by atoms with Crippen LogP contribution in [-0.2, 0) is 0 Å². The molecule has 2 rings (SSSR count). The third-order valence-electron chi connectivity index (χ3n) is 1.65. The summed E-state index contributed by atoms with van der Waals surface area (Å²) in [5.74, 6) is 1.52. The topological polar surface area (TPSA) is 18.5 Å². The van der Waals surface area contributed by atoms with Gasteiger partial charge >= 0.3 is 0 Å². The number of benzene rings is 1. The molecule has 1 aliphatic rings. The second-order valence-corrected chi connectivity index (χ2v) is 2.86. The Balaban J connectivity index is 0.000000720. The first kappa shape index (κ1) is 9.20. The lowest BCUT2D eigenvalue weighted by atomic mass is 10.2. The van der Waals surface area contributed by atoms with Crippen molar-refractivity contribution in [2.24, 2.45) is 0 Å². The summed E-state index contributed by atoms with van der Waals surface area (Å²) in [7, 11) is 0. The number of hydrogen-bond acceptors (Lipinski definition) is 2. The molecule has 66 valence electrons. The van der Waals surface area contributed by atoms with Gasteiger partial charge in [0.25, 0.3) is 0 Å². The number of aryl methyl sites for hydroxylation is 1. The van der Waals surface area contributed by atoms with Crippen LogP contribution in [0, 0.1) is 6.92 Å². The second kappa shape index (κ2) is 3.23. The molecule has 2 nitrogen and oxygen atoms in total. The Labute approximate surface area is 77.1 Å². The molecule has 0 saturated heterocycles. The molecule has 0 spiro atoms. The lowest BCUT2D eigenvalue weighted by Crippen LogP contribution is -1.92. The Morgan fingerprint density at radius 2 is 1.83 bits per heavy atom. The lowest BCUT2D eigenvalue weighted by Gasteiger charge is -1.99. The molecular formula is C9H11ClO2. The molecule has 0 radical (unpaired) electrons. The molecule has 0 atom stereocenters. The van der Waals surface area contributed by atoms with Gasteiger partial charge in [-0.2, -0.15) is 0 Å². The number of halogens is 1. The molecule has 12 heavy (non-hydrogen) atoms. The van der Waals surface area contributed by atoms with Crippen molar-refractivity contribution in [3.8, 4) is 11.5 Å². The van der Waals surface area contributed by atoms with Crippen LogP contribution in [0.25, 0.3) is 0 Å². The molecule has 0 saturated carbocycles. The van der Waals surface area contributed by atoms with Crippen LogP contribution in [0.2, 0.25) is 5.02 Å². The van der Waals surface area contributed by atoms with Crippen molar-refractivity contribution in [2.75, 3.05) is 6.79 Å². The smallest absolute Gasteiger partial charge is 0.231 e. The van der Waals surface area contributed by atoms with Crippen LogP contribution < -0.4 is 9.47 Å². The summed E-state index contributed by atoms with van der Waals surface area (Å²) in [6.45, 7) is 2.24. The molecular weight excluding hydrogens is 176 g/mol. The molecule has 0 unspecified atom stereocenters. The van der Waals surface area contributed by atoms with Crippen molar-refractivity contribution in [3.63, 3.8) is 0 Å². The second-order valence-electron chi connectivity index (χ2n) is 2.45. The normalized spacial score (nSPS) is 12.5. The van der Waals surface area contributed by atoms with Crippen molar-refractivity contribution < 1.29 is 9.47 Å². The highest BCUT2D eigenvalue weighted by Crippen LogP contribution is 2.36. The fourth-order valence-electron chi connectivity index (χ4n) is 1.02. The van der Waals surface area contributed by atoms with Gasteiger partial charge in [-0.1, -0.05) is 19.0 Å². The largest absolute Gasteiger partial charge is 0.454 e. The van der Waals surface area contributed by atoms with E-state index in [4.69, 9.17) is 21.1 Å². The molecule has 0 amide bonds. The van der Waals surface area contributed by atoms with Crippen LogP contribution in [0.3, 0.4) is 0 Å². The van der Waals surface area contributed by atoms with Gasteiger partial charge in [-0.25, -0.2) is 0 Å². The number of rotatable bonds is 0. The van der Waals surface area contributed by atoms with Crippen molar-refractivity contribution in [1.82, 2.24) is 0 Å². The Bertz CT molecular complexity index is 268. The highest BCUT2D eigenvalue weighted by Gasteiger charge is 2.14. The monoisotopic (exact) mass is 186 g/mol. The fourth-order valence-corrected chi connectivity index (χ4v) is 1.17. The summed E-state index contributed by atoms with van der Waals surface area (Å²) in [6, 6.07) is 3.66. The van der Waals surface area contributed by atoms with Gasteiger partial charge in [-0.3, -0.25) is 0 Å². The minimum absolute atomic E-state index is 0. The van der Waals surface area contributed by atoms with E-state index < -0.39 is 0 Å².